The minimum Gasteiger partial charge on any atom is -0.436 e. The second-order valence-corrected chi connectivity index (χ2v) is 9.89. The lowest BCUT2D eigenvalue weighted by Crippen LogP contribution is -2.17. The average Bonchev–Trinajstić information content (AvgIpc) is 2.70. The molecule has 0 amide bonds. The van der Waals surface area contributed by atoms with Crippen molar-refractivity contribution in [3.63, 3.8) is 0 Å². The van der Waals surface area contributed by atoms with Crippen LogP contribution in [0.25, 0.3) is 11.3 Å². The molecular weight excluding hydrogens is 457 g/mol. The predicted octanol–water partition coefficient (Wildman–Crippen LogP) is 5.89. The maximum absolute atomic E-state index is 12.5. The first-order chi connectivity index (χ1) is 14.7. The number of nitrogens with zero attached hydrogens (tertiary/aromatic N) is 2. The fraction of sp³-hybridized carbons (Fsp3) is 0.273. The zero-order chi connectivity index (χ0) is 22.6. The number of hydrogen-bond donors (Lipinski definition) is 1. The molecule has 3 aromatic rings. The van der Waals surface area contributed by atoms with Crippen LogP contribution in [-0.4, -0.2) is 30.0 Å². The van der Waals surface area contributed by atoms with E-state index in [4.69, 9.17) is 27.9 Å². The summed E-state index contributed by atoms with van der Waals surface area (Å²) >= 11 is 11.7. The van der Waals surface area contributed by atoms with Crippen LogP contribution in [0.3, 0.4) is 0 Å². The predicted molar refractivity (Wildman–Crippen MR) is 126 cm³/mol. The number of sulfonamides is 1. The monoisotopic (exact) mass is 479 g/mol. The molecule has 0 saturated carbocycles. The van der Waals surface area contributed by atoms with Crippen LogP contribution in [0.5, 0.6) is 11.6 Å². The van der Waals surface area contributed by atoms with Crippen LogP contribution in [0.1, 0.15) is 23.1 Å². The van der Waals surface area contributed by atoms with Crippen molar-refractivity contribution in [2.24, 2.45) is 0 Å². The number of halogens is 2. The van der Waals surface area contributed by atoms with E-state index in [1.165, 1.54) is 6.20 Å². The Kier molecular flexibility index (Phi) is 7.41. The van der Waals surface area contributed by atoms with Crippen molar-refractivity contribution < 1.29 is 13.2 Å². The van der Waals surface area contributed by atoms with Crippen LogP contribution in [0, 0.1) is 20.8 Å². The number of anilines is 1. The number of alkyl halides is 1. The minimum atomic E-state index is -3.61. The number of ether oxygens (including phenoxy) is 1. The highest BCUT2D eigenvalue weighted by Crippen LogP contribution is 2.35. The number of benzene rings is 1. The Labute approximate surface area is 192 Å². The third-order valence-corrected chi connectivity index (χ3v) is 6.31. The van der Waals surface area contributed by atoms with Crippen molar-refractivity contribution in [1.29, 1.82) is 0 Å². The largest absolute Gasteiger partial charge is 0.436 e. The summed E-state index contributed by atoms with van der Waals surface area (Å²) in [5.41, 5.74) is 4.43. The molecule has 2 heterocycles. The Bertz CT molecular complexity index is 1180. The fourth-order valence-corrected chi connectivity index (χ4v) is 4.78. The third-order valence-electron chi connectivity index (χ3n) is 4.48. The lowest BCUT2D eigenvalue weighted by atomic mass is 10.1. The van der Waals surface area contributed by atoms with E-state index in [9.17, 15) is 8.42 Å². The zero-order valence-corrected chi connectivity index (χ0v) is 19.8. The van der Waals surface area contributed by atoms with Crippen LogP contribution in [0.4, 0.5) is 5.69 Å². The van der Waals surface area contributed by atoms with E-state index in [0.717, 1.165) is 16.7 Å². The number of hydrogen-bond acceptors (Lipinski definition) is 5. The highest BCUT2D eigenvalue weighted by Gasteiger charge is 2.18. The van der Waals surface area contributed by atoms with Gasteiger partial charge in [0.25, 0.3) is 0 Å². The number of pyridine rings is 2. The van der Waals surface area contributed by atoms with Gasteiger partial charge in [0, 0.05) is 23.8 Å². The van der Waals surface area contributed by atoms with E-state index in [1.807, 2.05) is 32.9 Å². The van der Waals surface area contributed by atoms with Gasteiger partial charge in [0.2, 0.25) is 15.9 Å². The first-order valence-electron chi connectivity index (χ1n) is 9.62. The van der Waals surface area contributed by atoms with Crippen molar-refractivity contribution >= 4 is 38.9 Å². The van der Waals surface area contributed by atoms with Crippen LogP contribution >= 0.6 is 23.2 Å². The number of aryl methyl sites for hydroxylation is 3. The quantitative estimate of drug-likeness (QED) is 0.407. The summed E-state index contributed by atoms with van der Waals surface area (Å²) in [6.45, 7) is 5.88. The van der Waals surface area contributed by atoms with E-state index in [0.29, 0.717) is 28.5 Å². The second-order valence-electron chi connectivity index (χ2n) is 7.23. The molecule has 0 aliphatic heterocycles. The molecule has 2 aromatic heterocycles. The smallest absolute Gasteiger partial charge is 0.244 e. The van der Waals surface area contributed by atoms with Gasteiger partial charge in [0.05, 0.1) is 16.5 Å². The van der Waals surface area contributed by atoms with Gasteiger partial charge in [-0.3, -0.25) is 9.71 Å². The van der Waals surface area contributed by atoms with Crippen LogP contribution in [-0.2, 0) is 10.0 Å². The van der Waals surface area contributed by atoms with Crippen molar-refractivity contribution in [1.82, 2.24) is 9.97 Å². The second kappa shape index (κ2) is 9.85. The molecule has 164 valence electrons. The molecule has 0 aliphatic carbocycles. The summed E-state index contributed by atoms with van der Waals surface area (Å²) in [6, 6.07) is 9.03. The molecule has 9 heteroatoms. The van der Waals surface area contributed by atoms with Crippen molar-refractivity contribution in [2.75, 3.05) is 16.4 Å². The average molecular weight is 480 g/mol. The molecule has 0 unspecified atom stereocenters. The van der Waals surface area contributed by atoms with Gasteiger partial charge >= 0.3 is 0 Å². The lowest BCUT2D eigenvalue weighted by molar-refractivity contribution is 0.459. The van der Waals surface area contributed by atoms with Crippen LogP contribution < -0.4 is 9.46 Å². The normalized spacial score (nSPS) is 11.4. The maximum Gasteiger partial charge on any atom is 0.244 e. The molecule has 3 rings (SSSR count). The Morgan fingerprint density at radius 1 is 1.06 bits per heavy atom. The van der Waals surface area contributed by atoms with Gasteiger partial charge in [-0.15, -0.1) is 11.6 Å². The van der Waals surface area contributed by atoms with Crippen molar-refractivity contribution in [3.8, 4) is 22.9 Å². The van der Waals surface area contributed by atoms with E-state index >= 15 is 0 Å². The standard InChI is InChI=1S/C22H23Cl2N3O3S/c1-14-9-15(2)21(16(3)10-14)30-22-20(27-31(28,29)8-4-7-23)6-5-19(26-22)17-11-18(24)13-25-12-17/h5-6,9-13,27H,4,7-8H2,1-3H3. The number of aromatic nitrogens is 2. The summed E-state index contributed by atoms with van der Waals surface area (Å²) in [5.74, 6) is 0.923. The van der Waals surface area contributed by atoms with E-state index in [2.05, 4.69) is 14.7 Å². The zero-order valence-electron chi connectivity index (χ0n) is 17.4. The highest BCUT2D eigenvalue weighted by molar-refractivity contribution is 7.92. The van der Waals surface area contributed by atoms with Gasteiger partial charge in [-0.05, 0) is 56.5 Å². The van der Waals surface area contributed by atoms with Gasteiger partial charge in [0.1, 0.15) is 11.4 Å². The minimum absolute atomic E-state index is 0.0987. The Balaban J connectivity index is 2.07. The van der Waals surface area contributed by atoms with Crippen LogP contribution in [0.15, 0.2) is 42.7 Å². The summed E-state index contributed by atoms with van der Waals surface area (Å²) in [7, 11) is -3.61. The first kappa shape index (κ1) is 23.3. The van der Waals surface area contributed by atoms with Gasteiger partial charge in [-0.1, -0.05) is 29.3 Å². The maximum atomic E-state index is 12.5. The summed E-state index contributed by atoms with van der Waals surface area (Å²) in [6.07, 6.45) is 3.49. The molecule has 0 saturated heterocycles. The molecule has 1 N–H and O–H groups in total. The van der Waals surface area contributed by atoms with Gasteiger partial charge in [0.15, 0.2) is 0 Å². The Morgan fingerprint density at radius 3 is 2.42 bits per heavy atom. The molecule has 6 nitrogen and oxygen atoms in total. The van der Waals surface area contributed by atoms with Crippen LogP contribution in [0.2, 0.25) is 5.02 Å². The SMILES string of the molecule is Cc1cc(C)c(Oc2nc(-c3cncc(Cl)c3)ccc2NS(=O)(=O)CCCCl)c(C)c1. The fourth-order valence-electron chi connectivity index (χ4n) is 3.20. The number of nitrogens with one attached hydrogen (secondary N) is 1. The summed E-state index contributed by atoms with van der Waals surface area (Å²) in [5, 5.41) is 0.470. The molecular formula is C22H23Cl2N3O3S. The Morgan fingerprint density at radius 2 is 1.77 bits per heavy atom. The molecule has 1 aromatic carbocycles. The summed E-state index contributed by atoms with van der Waals surface area (Å²) in [4.78, 5) is 8.67. The van der Waals surface area contributed by atoms with E-state index < -0.39 is 10.0 Å². The lowest BCUT2D eigenvalue weighted by Gasteiger charge is -2.17. The molecule has 0 spiro atoms. The van der Waals surface area contributed by atoms with Gasteiger partial charge in [-0.25, -0.2) is 13.4 Å². The third kappa shape index (κ3) is 6.09. The molecule has 31 heavy (non-hydrogen) atoms. The van der Waals surface area contributed by atoms with Crippen molar-refractivity contribution in [2.45, 2.75) is 27.2 Å². The topological polar surface area (TPSA) is 81.2 Å². The highest BCUT2D eigenvalue weighted by atomic mass is 35.5. The first-order valence-corrected chi connectivity index (χ1v) is 12.2. The summed E-state index contributed by atoms with van der Waals surface area (Å²) < 4.78 is 33.6. The molecule has 0 bridgehead atoms. The molecule has 0 radical (unpaired) electrons. The number of rotatable bonds is 8. The van der Waals surface area contributed by atoms with Crippen molar-refractivity contribution in [3.05, 3.63) is 64.4 Å². The molecule has 0 atom stereocenters. The molecule has 0 aliphatic rings. The van der Waals surface area contributed by atoms with Gasteiger partial charge < -0.3 is 4.74 Å². The molecule has 0 fully saturated rings. The van der Waals surface area contributed by atoms with E-state index in [-0.39, 0.29) is 23.2 Å². The van der Waals surface area contributed by atoms with E-state index in [1.54, 1.807) is 24.4 Å². The Hall–Kier alpha value is -2.35. The van der Waals surface area contributed by atoms with Gasteiger partial charge in [-0.2, -0.15) is 0 Å².